The first kappa shape index (κ1) is 10.2. The average Bonchev–Trinajstić information content (AvgIpc) is 2.59. The maximum absolute atomic E-state index is 11.2. The van der Waals surface area contributed by atoms with Gasteiger partial charge in [-0.05, 0) is 22.9 Å². The van der Waals surface area contributed by atoms with Crippen molar-refractivity contribution >= 4 is 38.4 Å². The highest BCUT2D eigenvalue weighted by atomic mass is 79.9. The maximum Gasteiger partial charge on any atom is 0.267 e. The summed E-state index contributed by atoms with van der Waals surface area (Å²) in [6.07, 6.45) is 1.32. The quantitative estimate of drug-likeness (QED) is 0.873. The molecule has 0 radical (unpaired) electrons. The SMILES string of the molecule is Cc1nsc(Nc2nc[nH]c(=O)c2Br)n1. The Morgan fingerprint density at radius 1 is 1.60 bits per heavy atom. The van der Waals surface area contributed by atoms with Crippen molar-refractivity contribution < 1.29 is 0 Å². The van der Waals surface area contributed by atoms with Crippen LogP contribution in [-0.4, -0.2) is 19.3 Å². The number of nitrogens with zero attached hydrogens (tertiary/aromatic N) is 3. The van der Waals surface area contributed by atoms with E-state index in [9.17, 15) is 4.79 Å². The zero-order chi connectivity index (χ0) is 10.8. The molecule has 0 atom stereocenters. The molecule has 0 unspecified atom stereocenters. The van der Waals surface area contributed by atoms with E-state index in [1.54, 1.807) is 6.92 Å². The van der Waals surface area contributed by atoms with E-state index in [1.807, 2.05) is 0 Å². The molecule has 0 fully saturated rings. The molecule has 2 aromatic rings. The molecule has 78 valence electrons. The van der Waals surface area contributed by atoms with Crippen LogP contribution in [0.15, 0.2) is 15.6 Å². The van der Waals surface area contributed by atoms with Crippen LogP contribution in [0.1, 0.15) is 5.82 Å². The van der Waals surface area contributed by atoms with Crippen molar-refractivity contribution in [2.24, 2.45) is 0 Å². The molecule has 2 rings (SSSR count). The summed E-state index contributed by atoms with van der Waals surface area (Å²) in [7, 11) is 0. The van der Waals surface area contributed by atoms with Crippen molar-refractivity contribution in [3.05, 3.63) is 27.0 Å². The molecule has 0 aromatic carbocycles. The standard InChI is InChI=1S/C7H6BrN5OS/c1-3-11-7(15-13-3)12-5-4(8)6(14)10-2-9-5/h2H,1H3,(H2,9,10,11,12,13,14). The Hall–Kier alpha value is -1.28. The van der Waals surface area contributed by atoms with Gasteiger partial charge in [0.05, 0.1) is 6.33 Å². The van der Waals surface area contributed by atoms with E-state index in [0.29, 0.717) is 21.2 Å². The van der Waals surface area contributed by atoms with Crippen LogP contribution in [0.4, 0.5) is 10.9 Å². The van der Waals surface area contributed by atoms with E-state index in [4.69, 9.17) is 0 Å². The molecular weight excluding hydrogens is 282 g/mol. The summed E-state index contributed by atoms with van der Waals surface area (Å²) in [4.78, 5) is 21.7. The summed E-state index contributed by atoms with van der Waals surface area (Å²) in [5, 5.41) is 3.50. The molecule has 0 saturated carbocycles. The number of H-pyrrole nitrogens is 1. The van der Waals surface area contributed by atoms with Gasteiger partial charge in [0, 0.05) is 11.5 Å². The van der Waals surface area contributed by atoms with E-state index in [0.717, 1.165) is 0 Å². The third-order valence-corrected chi connectivity index (χ3v) is 3.01. The normalized spacial score (nSPS) is 10.3. The Labute approximate surface area is 97.1 Å². The van der Waals surface area contributed by atoms with Crippen molar-refractivity contribution in [2.45, 2.75) is 6.92 Å². The molecule has 0 aliphatic carbocycles. The number of aromatic nitrogens is 4. The van der Waals surface area contributed by atoms with Crippen LogP contribution >= 0.6 is 27.5 Å². The fraction of sp³-hybridized carbons (Fsp3) is 0.143. The minimum Gasteiger partial charge on any atom is -0.314 e. The minimum absolute atomic E-state index is 0.242. The Balaban J connectivity index is 2.32. The summed E-state index contributed by atoms with van der Waals surface area (Å²) in [5.41, 5.74) is -0.242. The number of aryl methyl sites for hydroxylation is 1. The highest BCUT2D eigenvalue weighted by Gasteiger charge is 2.07. The first-order valence-corrected chi connectivity index (χ1v) is 5.54. The Kier molecular flexibility index (Phi) is 2.78. The first-order chi connectivity index (χ1) is 7.16. The van der Waals surface area contributed by atoms with Gasteiger partial charge in [-0.25, -0.2) is 9.97 Å². The number of hydrogen-bond donors (Lipinski definition) is 2. The molecule has 0 saturated heterocycles. The zero-order valence-corrected chi connectivity index (χ0v) is 10.0. The van der Waals surface area contributed by atoms with Crippen molar-refractivity contribution in [3.63, 3.8) is 0 Å². The van der Waals surface area contributed by atoms with Crippen molar-refractivity contribution in [2.75, 3.05) is 5.32 Å². The topological polar surface area (TPSA) is 83.6 Å². The molecule has 6 nitrogen and oxygen atoms in total. The summed E-state index contributed by atoms with van der Waals surface area (Å²) in [6.45, 7) is 1.79. The van der Waals surface area contributed by atoms with Crippen LogP contribution in [0.25, 0.3) is 0 Å². The monoisotopic (exact) mass is 287 g/mol. The lowest BCUT2D eigenvalue weighted by atomic mass is 10.6. The van der Waals surface area contributed by atoms with E-state index in [1.165, 1.54) is 17.9 Å². The van der Waals surface area contributed by atoms with Gasteiger partial charge in [0.1, 0.15) is 10.3 Å². The molecule has 2 aromatic heterocycles. The summed E-state index contributed by atoms with van der Waals surface area (Å²) >= 11 is 4.35. The number of hydrogen-bond acceptors (Lipinski definition) is 6. The minimum atomic E-state index is -0.242. The number of nitrogens with one attached hydrogen (secondary N) is 2. The van der Waals surface area contributed by atoms with Gasteiger partial charge in [-0.15, -0.1) is 0 Å². The lowest BCUT2D eigenvalue weighted by molar-refractivity contribution is 1.09. The molecule has 0 aliphatic heterocycles. The zero-order valence-electron chi connectivity index (χ0n) is 7.61. The van der Waals surface area contributed by atoms with Crippen LogP contribution in [0, 0.1) is 6.92 Å². The Bertz CT molecular complexity index is 536. The van der Waals surface area contributed by atoms with Crippen LogP contribution in [0.3, 0.4) is 0 Å². The maximum atomic E-state index is 11.2. The molecule has 2 N–H and O–H groups in total. The number of rotatable bonds is 2. The predicted molar refractivity (Wildman–Crippen MR) is 60.5 cm³/mol. The number of halogens is 1. The highest BCUT2D eigenvalue weighted by molar-refractivity contribution is 9.10. The third kappa shape index (κ3) is 2.21. The Morgan fingerprint density at radius 2 is 2.40 bits per heavy atom. The first-order valence-electron chi connectivity index (χ1n) is 3.97. The molecule has 0 aliphatic rings. The van der Waals surface area contributed by atoms with Crippen molar-refractivity contribution in [1.29, 1.82) is 0 Å². The molecule has 8 heteroatoms. The van der Waals surface area contributed by atoms with Gasteiger partial charge in [0.2, 0.25) is 5.13 Å². The summed E-state index contributed by atoms with van der Waals surface area (Å²) < 4.78 is 4.35. The summed E-state index contributed by atoms with van der Waals surface area (Å²) in [6, 6.07) is 0. The average molecular weight is 288 g/mol. The van der Waals surface area contributed by atoms with E-state index in [2.05, 4.69) is 40.6 Å². The van der Waals surface area contributed by atoms with Gasteiger partial charge in [-0.2, -0.15) is 4.37 Å². The van der Waals surface area contributed by atoms with Crippen LogP contribution in [0.5, 0.6) is 0 Å². The van der Waals surface area contributed by atoms with Crippen molar-refractivity contribution in [3.8, 4) is 0 Å². The molecule has 15 heavy (non-hydrogen) atoms. The summed E-state index contributed by atoms with van der Waals surface area (Å²) in [5.74, 6) is 1.11. The molecule has 0 bridgehead atoms. The third-order valence-electron chi connectivity index (χ3n) is 1.55. The van der Waals surface area contributed by atoms with Gasteiger partial charge in [-0.3, -0.25) is 4.79 Å². The second-order valence-electron chi connectivity index (χ2n) is 2.67. The van der Waals surface area contributed by atoms with E-state index >= 15 is 0 Å². The second-order valence-corrected chi connectivity index (χ2v) is 4.21. The molecule has 0 spiro atoms. The fourth-order valence-corrected chi connectivity index (χ4v) is 1.81. The smallest absolute Gasteiger partial charge is 0.267 e. The van der Waals surface area contributed by atoms with Gasteiger partial charge >= 0.3 is 0 Å². The highest BCUT2D eigenvalue weighted by Crippen LogP contribution is 2.20. The van der Waals surface area contributed by atoms with Crippen LogP contribution in [0.2, 0.25) is 0 Å². The van der Waals surface area contributed by atoms with Gasteiger partial charge < -0.3 is 10.3 Å². The van der Waals surface area contributed by atoms with E-state index in [-0.39, 0.29) is 5.56 Å². The second kappa shape index (κ2) is 4.07. The van der Waals surface area contributed by atoms with Gasteiger partial charge in [-0.1, -0.05) is 0 Å². The van der Waals surface area contributed by atoms with Crippen LogP contribution < -0.4 is 10.9 Å². The van der Waals surface area contributed by atoms with Crippen LogP contribution in [-0.2, 0) is 0 Å². The largest absolute Gasteiger partial charge is 0.314 e. The lowest BCUT2D eigenvalue weighted by Gasteiger charge is -2.01. The number of anilines is 2. The predicted octanol–water partition coefficient (Wildman–Crippen LogP) is 1.44. The number of aromatic amines is 1. The Morgan fingerprint density at radius 3 is 3.07 bits per heavy atom. The van der Waals surface area contributed by atoms with E-state index < -0.39 is 0 Å². The lowest BCUT2D eigenvalue weighted by Crippen LogP contribution is -2.09. The molecular formula is C7H6BrN5OS. The van der Waals surface area contributed by atoms with Crippen molar-refractivity contribution in [1.82, 2.24) is 19.3 Å². The van der Waals surface area contributed by atoms with Gasteiger partial charge in [0.25, 0.3) is 5.56 Å². The fourth-order valence-electron chi connectivity index (χ4n) is 0.919. The molecule has 0 amide bonds. The molecule has 2 heterocycles. The van der Waals surface area contributed by atoms with Gasteiger partial charge in [0.15, 0.2) is 5.82 Å².